The van der Waals surface area contributed by atoms with Gasteiger partial charge >= 0.3 is 0 Å². The van der Waals surface area contributed by atoms with Gasteiger partial charge in [-0.05, 0) is 82.2 Å². The number of amides is 1. The molecule has 332 valence electrons. The van der Waals surface area contributed by atoms with Crippen LogP contribution in [0.5, 0.6) is 0 Å². The van der Waals surface area contributed by atoms with E-state index in [4.69, 9.17) is 11.5 Å². The number of aliphatic imine (C=N–C) groups is 1. The van der Waals surface area contributed by atoms with Gasteiger partial charge in [-0.25, -0.2) is 44.9 Å². The van der Waals surface area contributed by atoms with Gasteiger partial charge in [-0.15, -0.1) is 0 Å². The Morgan fingerprint density at radius 1 is 0.661 bits per heavy atom. The number of hydrogen-bond acceptors (Lipinski definition) is 15. The molecule has 0 unspecified atom stereocenters. The molecule has 2 aliphatic rings. The van der Waals surface area contributed by atoms with Crippen LogP contribution in [0.4, 0.5) is 5.82 Å². The first kappa shape index (κ1) is 49.1. The highest BCUT2D eigenvalue weighted by atomic mass is 16.1. The van der Waals surface area contributed by atoms with E-state index in [2.05, 4.69) is 101 Å². The maximum Gasteiger partial charge on any atom is 0.279 e. The minimum atomic E-state index is -0.174. The van der Waals surface area contributed by atoms with E-state index in [1.165, 1.54) is 12.4 Å². The molecule has 0 radical (unpaired) electrons. The third-order valence-electron chi connectivity index (χ3n) is 8.94. The van der Waals surface area contributed by atoms with Gasteiger partial charge in [0.05, 0.1) is 24.7 Å². The van der Waals surface area contributed by atoms with Gasteiger partial charge in [0, 0.05) is 49.7 Å². The standard InChI is InChI=1S/C10H14N4.C9H12N4O.C8H13N3.C8H12N2O.C6H7N5.CH4/c1-6(2)14-5-11-9-7(3)12-8(4)13-10(9)14;1-5(2)13-4-10-7-8(13)11-6(3)12-9(7)14;1-6(2)11-5-4-8(9)10-7(11)3;1-6(2)10-5-4-8(11)9-7(10)3;1-11-3-10-4-5(7)8-2-9-6(4)11;/h5-6H,1-4H3;4-5H,1-3H3,(H,11,12,14);4-6H,3H2,1-2H3,(H2,9,10);4-6H,3H2,1-2H3,(H,9,11);2-3H,1H3,(H2,7,8,9);1H4. The first-order valence-electron chi connectivity index (χ1n) is 19.6. The van der Waals surface area contributed by atoms with Crippen LogP contribution in [0.15, 0.2) is 84.4 Å². The lowest BCUT2D eigenvalue weighted by Crippen LogP contribution is -2.38. The van der Waals surface area contributed by atoms with Crippen LogP contribution in [-0.4, -0.2) is 92.2 Å². The van der Waals surface area contributed by atoms with Gasteiger partial charge in [0.15, 0.2) is 28.3 Å². The molecule has 0 saturated carbocycles. The molecule has 62 heavy (non-hydrogen) atoms. The Hall–Kier alpha value is -7.25. The van der Waals surface area contributed by atoms with Crippen LogP contribution >= 0.6 is 0 Å². The number of carbonyl (C=O) groups excluding carboxylic acids is 1. The first-order valence-corrected chi connectivity index (χ1v) is 19.6. The Balaban J connectivity index is 0.000000207. The second-order valence-electron chi connectivity index (χ2n) is 15.2. The molecule has 0 spiro atoms. The maximum atomic E-state index is 11.5. The van der Waals surface area contributed by atoms with Gasteiger partial charge in [-0.3, -0.25) is 9.59 Å². The molecule has 0 aliphatic carbocycles. The largest absolute Gasteiger partial charge is 0.384 e. The van der Waals surface area contributed by atoms with Gasteiger partial charge in [-0.2, -0.15) is 0 Å². The van der Waals surface area contributed by atoms with Crippen molar-refractivity contribution in [3.63, 3.8) is 0 Å². The van der Waals surface area contributed by atoms with Crippen molar-refractivity contribution in [3.8, 4) is 0 Å². The fraction of sp³-hybridized carbons (Fsp3) is 0.405. The fourth-order valence-corrected chi connectivity index (χ4v) is 5.88. The van der Waals surface area contributed by atoms with Crippen molar-refractivity contribution in [2.75, 3.05) is 5.73 Å². The van der Waals surface area contributed by atoms with Crippen molar-refractivity contribution in [1.29, 1.82) is 0 Å². The summed E-state index contributed by atoms with van der Waals surface area (Å²) in [5, 5.41) is 2.62. The summed E-state index contributed by atoms with van der Waals surface area (Å²) in [5.41, 5.74) is 16.1. The topological polar surface area (TPSA) is 251 Å². The minimum absolute atomic E-state index is 0. The molecule has 20 nitrogen and oxygen atoms in total. The van der Waals surface area contributed by atoms with Crippen molar-refractivity contribution in [1.82, 2.24) is 73.7 Å². The number of aryl methyl sites for hydroxylation is 4. The molecule has 0 fully saturated rings. The lowest BCUT2D eigenvalue weighted by molar-refractivity contribution is -0.116. The number of fused-ring (bicyclic) bond motifs is 3. The van der Waals surface area contributed by atoms with Crippen molar-refractivity contribution in [2.24, 2.45) is 17.8 Å². The summed E-state index contributed by atoms with van der Waals surface area (Å²) in [6.45, 7) is 29.6. The molecule has 6 aromatic heterocycles. The number of aromatic amines is 1. The highest BCUT2D eigenvalue weighted by Crippen LogP contribution is 2.18. The number of nitrogens with zero attached hydrogens (tertiary/aromatic N) is 14. The van der Waals surface area contributed by atoms with Crippen LogP contribution in [0.2, 0.25) is 0 Å². The van der Waals surface area contributed by atoms with E-state index >= 15 is 0 Å². The highest BCUT2D eigenvalue weighted by Gasteiger charge is 2.15. The summed E-state index contributed by atoms with van der Waals surface area (Å²) >= 11 is 0. The second-order valence-corrected chi connectivity index (χ2v) is 15.2. The molecule has 0 atom stereocenters. The third-order valence-corrected chi connectivity index (χ3v) is 8.94. The number of amidine groups is 1. The van der Waals surface area contributed by atoms with Gasteiger partial charge in [0.25, 0.3) is 11.5 Å². The number of hydrogen-bond donors (Lipinski definition) is 4. The Morgan fingerprint density at radius 3 is 1.77 bits per heavy atom. The van der Waals surface area contributed by atoms with Crippen LogP contribution in [0.1, 0.15) is 92.2 Å². The second kappa shape index (κ2) is 21.3. The number of imidazole rings is 3. The number of H-pyrrole nitrogens is 1. The summed E-state index contributed by atoms with van der Waals surface area (Å²) in [6.07, 6.45) is 13.5. The predicted octanol–water partition coefficient (Wildman–Crippen LogP) is 5.48. The van der Waals surface area contributed by atoms with E-state index in [0.717, 1.165) is 28.3 Å². The van der Waals surface area contributed by atoms with E-state index in [1.54, 1.807) is 36.4 Å². The molecule has 1 amide bonds. The zero-order chi connectivity index (χ0) is 45.3. The predicted molar refractivity (Wildman–Crippen MR) is 246 cm³/mol. The van der Waals surface area contributed by atoms with E-state index in [1.807, 2.05) is 75.5 Å². The van der Waals surface area contributed by atoms with Crippen molar-refractivity contribution < 1.29 is 4.79 Å². The average Bonchev–Trinajstić information content (AvgIpc) is 3.90. The van der Waals surface area contributed by atoms with Crippen LogP contribution in [0, 0.1) is 20.8 Å². The van der Waals surface area contributed by atoms with Crippen molar-refractivity contribution in [2.45, 2.75) is 108 Å². The molecule has 6 N–H and O–H groups in total. The Labute approximate surface area is 362 Å². The van der Waals surface area contributed by atoms with Gasteiger partial charge in [0.2, 0.25) is 0 Å². The van der Waals surface area contributed by atoms with E-state index in [-0.39, 0.29) is 24.9 Å². The zero-order valence-electron chi connectivity index (χ0n) is 37.1. The van der Waals surface area contributed by atoms with Crippen LogP contribution in [0.25, 0.3) is 33.5 Å². The highest BCUT2D eigenvalue weighted by molar-refractivity contribution is 5.92. The number of rotatable bonds is 4. The van der Waals surface area contributed by atoms with Gasteiger partial charge < -0.3 is 45.3 Å². The number of nitrogen functional groups attached to an aromatic ring is 1. The van der Waals surface area contributed by atoms with Crippen LogP contribution in [-0.2, 0) is 11.8 Å². The lowest BCUT2D eigenvalue weighted by atomic mass is 10.3. The zero-order valence-corrected chi connectivity index (χ0v) is 37.1. The Kier molecular flexibility index (Phi) is 16.9. The number of nitrogens with two attached hydrogens (primary N) is 2. The molecule has 8 rings (SSSR count). The van der Waals surface area contributed by atoms with Gasteiger partial charge in [-0.1, -0.05) is 20.6 Å². The fourth-order valence-electron chi connectivity index (χ4n) is 5.88. The summed E-state index contributed by atoms with van der Waals surface area (Å²) in [6, 6.07) is 1.36. The van der Waals surface area contributed by atoms with Crippen molar-refractivity contribution in [3.05, 3.63) is 102 Å². The van der Waals surface area contributed by atoms with E-state index < -0.39 is 0 Å². The first-order chi connectivity index (χ1) is 28.7. The third kappa shape index (κ3) is 12.2. The summed E-state index contributed by atoms with van der Waals surface area (Å²) in [5.74, 6) is 3.62. The number of carbonyl (C=O) groups is 1. The molecule has 20 heteroatoms. The van der Waals surface area contributed by atoms with Gasteiger partial charge in [0.1, 0.15) is 46.5 Å². The summed E-state index contributed by atoms with van der Waals surface area (Å²) in [7, 11) is 1.86. The molecule has 2 aliphatic heterocycles. The quantitative estimate of drug-likeness (QED) is 0.172. The smallest absolute Gasteiger partial charge is 0.279 e. The Morgan fingerprint density at radius 2 is 1.23 bits per heavy atom. The van der Waals surface area contributed by atoms with E-state index in [9.17, 15) is 9.59 Å². The number of nitrogens with one attached hydrogen (secondary N) is 2. The molecule has 0 saturated heterocycles. The monoisotopic (exact) mass is 851 g/mol. The normalized spacial score (nSPS) is 13.3. The maximum absolute atomic E-state index is 11.5. The molecular formula is C42H62N18O2. The average molecular weight is 851 g/mol. The molecule has 8 heterocycles. The molecule has 6 aromatic rings. The van der Waals surface area contributed by atoms with Crippen LogP contribution in [0.3, 0.4) is 0 Å². The summed E-state index contributed by atoms with van der Waals surface area (Å²) in [4.78, 5) is 65.9. The lowest BCUT2D eigenvalue weighted by Gasteiger charge is -2.29. The molecule has 0 aromatic carbocycles. The van der Waals surface area contributed by atoms with Crippen molar-refractivity contribution >= 4 is 51.1 Å². The Bertz CT molecular complexity index is 2650. The SMILES string of the molecule is C.C=C1N=C(N)C=CN1C(C)C.C=C1NC(=O)C=CN1C(C)C.Cc1nc(C)c2ncn(C(C)C)c2n1.Cc1nc2c(ncn2C(C)C)c(=O)[nH]1.Cn1cnc2c(N)ncnc21. The number of anilines is 1. The van der Waals surface area contributed by atoms with E-state index in [0.29, 0.717) is 63.9 Å². The molecule has 0 bridgehead atoms. The molecular weight excluding hydrogens is 789 g/mol. The summed E-state index contributed by atoms with van der Waals surface area (Å²) < 4.78 is 5.75. The minimum Gasteiger partial charge on any atom is -0.384 e. The van der Waals surface area contributed by atoms with Crippen LogP contribution < -0.4 is 22.3 Å². The number of aromatic nitrogens is 12.